The Hall–Kier alpha value is -3.51. The largest absolute Gasteiger partial charge is 0.485 e. The van der Waals surface area contributed by atoms with E-state index in [-0.39, 0.29) is 18.3 Å². The van der Waals surface area contributed by atoms with Gasteiger partial charge in [0.05, 0.1) is 6.54 Å². The summed E-state index contributed by atoms with van der Waals surface area (Å²) in [4.78, 5) is 12.5. The third-order valence-corrected chi connectivity index (χ3v) is 4.72. The lowest BCUT2D eigenvalue weighted by Crippen LogP contribution is -2.11. The number of anilines is 1. The molecule has 0 atom stereocenters. The highest BCUT2D eigenvalue weighted by atomic mass is 35.5. The molecule has 30 heavy (non-hydrogen) atoms. The van der Waals surface area contributed by atoms with Gasteiger partial charge in [-0.3, -0.25) is 9.48 Å². The van der Waals surface area contributed by atoms with Crippen LogP contribution in [0.5, 0.6) is 5.75 Å². The molecular weight excluding hydrogens is 402 g/mol. The summed E-state index contributed by atoms with van der Waals surface area (Å²) in [6.07, 6.45) is 3.63. The lowest BCUT2D eigenvalue weighted by Gasteiger charge is -2.08. The van der Waals surface area contributed by atoms with Crippen LogP contribution >= 0.6 is 11.6 Å². The number of nitrogens with zero attached hydrogens (tertiary/aromatic N) is 2. The van der Waals surface area contributed by atoms with Crippen LogP contribution in [0.4, 0.5) is 5.69 Å². The van der Waals surface area contributed by atoms with Crippen molar-refractivity contribution in [1.82, 2.24) is 9.78 Å². The Bertz CT molecular complexity index is 1150. The van der Waals surface area contributed by atoms with Crippen LogP contribution < -0.4 is 10.1 Å². The Morgan fingerprint density at radius 1 is 1.17 bits per heavy atom. The van der Waals surface area contributed by atoms with Gasteiger partial charge in [-0.15, -0.1) is 0 Å². The minimum absolute atomic E-state index is 0.217. The van der Waals surface area contributed by atoms with Gasteiger partial charge < -0.3 is 14.5 Å². The van der Waals surface area contributed by atoms with Crippen LogP contribution in [0.1, 0.15) is 27.4 Å². The van der Waals surface area contributed by atoms with Crippen LogP contribution in [0.25, 0.3) is 0 Å². The summed E-state index contributed by atoms with van der Waals surface area (Å²) >= 11 is 5.96. The SMILES string of the molecule is Cc1cc(Cl)ccc1OCc1ccc(C(=O)Nc2cccc(Cn3cccn3)c2)o1. The smallest absolute Gasteiger partial charge is 0.291 e. The first kappa shape index (κ1) is 19.8. The van der Waals surface area contributed by atoms with Crippen LogP contribution in [-0.4, -0.2) is 15.7 Å². The van der Waals surface area contributed by atoms with Gasteiger partial charge in [-0.05, 0) is 66.6 Å². The van der Waals surface area contributed by atoms with Gasteiger partial charge in [-0.1, -0.05) is 23.7 Å². The molecular formula is C23H20ClN3O3. The van der Waals surface area contributed by atoms with Gasteiger partial charge in [0, 0.05) is 23.1 Å². The second-order valence-corrected chi connectivity index (χ2v) is 7.26. The molecule has 0 saturated heterocycles. The second kappa shape index (κ2) is 8.88. The number of aryl methyl sites for hydroxylation is 1. The summed E-state index contributed by atoms with van der Waals surface area (Å²) in [6.45, 7) is 2.76. The molecule has 2 aromatic heterocycles. The number of ether oxygens (including phenoxy) is 1. The predicted molar refractivity (Wildman–Crippen MR) is 115 cm³/mol. The third-order valence-electron chi connectivity index (χ3n) is 4.48. The van der Waals surface area contributed by atoms with E-state index < -0.39 is 0 Å². The standard InChI is InChI=1S/C23H20ClN3O3/c1-16-12-18(24)6-8-21(16)29-15-20-7-9-22(30-20)23(28)26-19-5-2-4-17(13-19)14-27-11-3-10-25-27/h2-13H,14-15H2,1H3,(H,26,28). The van der Waals surface area contributed by atoms with Crippen LogP contribution in [0.15, 0.2) is 77.5 Å². The number of hydrogen-bond donors (Lipinski definition) is 1. The highest BCUT2D eigenvalue weighted by molar-refractivity contribution is 6.30. The first-order chi connectivity index (χ1) is 14.6. The molecule has 2 heterocycles. The average Bonchev–Trinajstić information content (AvgIpc) is 3.40. The van der Waals surface area contributed by atoms with Crippen molar-refractivity contribution in [1.29, 1.82) is 0 Å². The zero-order valence-corrected chi connectivity index (χ0v) is 17.1. The van der Waals surface area contributed by atoms with Gasteiger partial charge in [0.25, 0.3) is 5.91 Å². The Balaban J connectivity index is 1.37. The molecule has 2 aromatic carbocycles. The van der Waals surface area contributed by atoms with E-state index >= 15 is 0 Å². The van der Waals surface area contributed by atoms with Crippen molar-refractivity contribution in [2.45, 2.75) is 20.1 Å². The molecule has 0 unspecified atom stereocenters. The topological polar surface area (TPSA) is 69.3 Å². The van der Waals surface area contributed by atoms with Gasteiger partial charge in [-0.25, -0.2) is 0 Å². The second-order valence-electron chi connectivity index (χ2n) is 6.82. The van der Waals surface area contributed by atoms with Crippen molar-refractivity contribution in [3.05, 3.63) is 101 Å². The van der Waals surface area contributed by atoms with E-state index in [1.54, 1.807) is 24.4 Å². The Morgan fingerprint density at radius 2 is 2.07 bits per heavy atom. The molecule has 0 saturated carbocycles. The van der Waals surface area contributed by atoms with Crippen LogP contribution in [0, 0.1) is 6.92 Å². The van der Waals surface area contributed by atoms with Crippen molar-refractivity contribution in [2.75, 3.05) is 5.32 Å². The maximum atomic E-state index is 12.5. The van der Waals surface area contributed by atoms with Crippen molar-refractivity contribution < 1.29 is 13.9 Å². The lowest BCUT2D eigenvalue weighted by molar-refractivity contribution is 0.0992. The molecule has 0 radical (unpaired) electrons. The fraction of sp³-hybridized carbons (Fsp3) is 0.130. The zero-order chi connectivity index (χ0) is 20.9. The molecule has 6 nitrogen and oxygen atoms in total. The van der Waals surface area contributed by atoms with E-state index in [0.29, 0.717) is 23.0 Å². The van der Waals surface area contributed by atoms with Crippen molar-refractivity contribution in [3.8, 4) is 5.75 Å². The number of nitrogens with one attached hydrogen (secondary N) is 1. The molecule has 0 aliphatic heterocycles. The number of amides is 1. The van der Waals surface area contributed by atoms with E-state index in [9.17, 15) is 4.79 Å². The zero-order valence-electron chi connectivity index (χ0n) is 16.3. The molecule has 4 aromatic rings. The fourth-order valence-electron chi connectivity index (χ4n) is 3.02. The highest BCUT2D eigenvalue weighted by Gasteiger charge is 2.13. The third kappa shape index (κ3) is 4.90. The summed E-state index contributed by atoms with van der Waals surface area (Å²) in [6, 6.07) is 18.3. The molecule has 0 aliphatic rings. The fourth-order valence-corrected chi connectivity index (χ4v) is 3.25. The van der Waals surface area contributed by atoms with Gasteiger partial charge in [0.2, 0.25) is 0 Å². The quantitative estimate of drug-likeness (QED) is 0.438. The van der Waals surface area contributed by atoms with Gasteiger partial charge in [-0.2, -0.15) is 5.10 Å². The van der Waals surface area contributed by atoms with Crippen molar-refractivity contribution in [2.24, 2.45) is 0 Å². The molecule has 1 N–H and O–H groups in total. The first-order valence-corrected chi connectivity index (χ1v) is 9.80. The van der Waals surface area contributed by atoms with E-state index in [4.69, 9.17) is 20.8 Å². The minimum Gasteiger partial charge on any atom is -0.485 e. The summed E-state index contributed by atoms with van der Waals surface area (Å²) in [5.41, 5.74) is 2.65. The number of halogens is 1. The summed E-state index contributed by atoms with van der Waals surface area (Å²) < 4.78 is 13.2. The molecule has 152 valence electrons. The average molecular weight is 422 g/mol. The molecule has 7 heteroatoms. The predicted octanol–water partition coefficient (Wildman–Crippen LogP) is 5.32. The molecule has 4 rings (SSSR count). The normalized spacial score (nSPS) is 10.7. The molecule has 0 fully saturated rings. The number of benzene rings is 2. The molecule has 0 bridgehead atoms. The maximum absolute atomic E-state index is 12.5. The number of rotatable bonds is 7. The van der Waals surface area contributed by atoms with E-state index in [0.717, 1.165) is 16.9 Å². The molecule has 0 spiro atoms. The lowest BCUT2D eigenvalue weighted by atomic mass is 10.2. The Labute approximate surface area is 179 Å². The van der Waals surface area contributed by atoms with E-state index in [2.05, 4.69) is 10.4 Å². The van der Waals surface area contributed by atoms with Crippen LogP contribution in [0.3, 0.4) is 0 Å². The van der Waals surface area contributed by atoms with Crippen molar-refractivity contribution >= 4 is 23.2 Å². The van der Waals surface area contributed by atoms with E-state index in [1.165, 1.54) is 0 Å². The van der Waals surface area contributed by atoms with Crippen molar-refractivity contribution in [3.63, 3.8) is 0 Å². The maximum Gasteiger partial charge on any atom is 0.291 e. The van der Waals surface area contributed by atoms with Gasteiger partial charge in [0.1, 0.15) is 18.1 Å². The number of aromatic nitrogens is 2. The number of carbonyl (C=O) groups is 1. The molecule has 1 amide bonds. The molecule has 0 aliphatic carbocycles. The van der Waals surface area contributed by atoms with Crippen LogP contribution in [0.2, 0.25) is 5.02 Å². The summed E-state index contributed by atoms with van der Waals surface area (Å²) in [7, 11) is 0. The Morgan fingerprint density at radius 3 is 2.87 bits per heavy atom. The van der Waals surface area contributed by atoms with E-state index in [1.807, 2.05) is 60.3 Å². The van der Waals surface area contributed by atoms with Gasteiger partial charge in [0.15, 0.2) is 5.76 Å². The van der Waals surface area contributed by atoms with Crippen LogP contribution in [-0.2, 0) is 13.2 Å². The number of carbonyl (C=O) groups excluding carboxylic acids is 1. The number of hydrogen-bond acceptors (Lipinski definition) is 4. The van der Waals surface area contributed by atoms with Gasteiger partial charge >= 0.3 is 0 Å². The summed E-state index contributed by atoms with van der Waals surface area (Å²) in [5.74, 6) is 1.18. The monoisotopic (exact) mass is 421 g/mol. The first-order valence-electron chi connectivity index (χ1n) is 9.42. The Kier molecular flexibility index (Phi) is 5.86. The summed E-state index contributed by atoms with van der Waals surface area (Å²) in [5, 5.41) is 7.72. The number of furan rings is 1. The highest BCUT2D eigenvalue weighted by Crippen LogP contribution is 2.23. The minimum atomic E-state index is -0.319.